The first-order valence-corrected chi connectivity index (χ1v) is 8.93. The lowest BCUT2D eigenvalue weighted by atomic mass is 10.1. The second-order valence-electron chi connectivity index (χ2n) is 5.79. The molecule has 1 atom stereocenters. The molecular weight excluding hydrogens is 286 g/mol. The zero-order valence-electron chi connectivity index (χ0n) is 12.8. The number of hydrogen-bond acceptors (Lipinski definition) is 4. The summed E-state index contributed by atoms with van der Waals surface area (Å²) in [6, 6.07) is 0.267. The van der Waals surface area contributed by atoms with Gasteiger partial charge in [-0.05, 0) is 38.4 Å². The molecule has 7 heteroatoms. The van der Waals surface area contributed by atoms with Gasteiger partial charge in [0, 0.05) is 26.7 Å². The van der Waals surface area contributed by atoms with E-state index in [0.717, 1.165) is 56.3 Å². The normalized spacial score (nSPS) is 22.9. The molecule has 6 nitrogen and oxygen atoms in total. The van der Waals surface area contributed by atoms with Gasteiger partial charge < -0.3 is 14.4 Å². The molecule has 3 rings (SSSR count). The van der Waals surface area contributed by atoms with Crippen LogP contribution in [0, 0.1) is 0 Å². The Labute approximate surface area is 129 Å². The van der Waals surface area contributed by atoms with E-state index in [0.29, 0.717) is 0 Å². The molecule has 0 aliphatic carbocycles. The number of nitrogens with zero attached hydrogens (tertiary/aromatic N) is 5. The van der Waals surface area contributed by atoms with Crippen molar-refractivity contribution in [1.29, 1.82) is 0 Å². The fourth-order valence-electron chi connectivity index (χ4n) is 3.33. The summed E-state index contributed by atoms with van der Waals surface area (Å²) in [6.07, 6.45) is 7.54. The van der Waals surface area contributed by atoms with Gasteiger partial charge in [-0.3, -0.25) is 0 Å². The molecule has 116 valence electrons. The highest BCUT2D eigenvalue weighted by Gasteiger charge is 2.36. The van der Waals surface area contributed by atoms with Gasteiger partial charge in [0.1, 0.15) is 0 Å². The lowest BCUT2D eigenvalue weighted by molar-refractivity contribution is 0.137. The summed E-state index contributed by atoms with van der Waals surface area (Å²) in [7, 11) is 1.99. The third-order valence-electron chi connectivity index (χ3n) is 4.47. The van der Waals surface area contributed by atoms with Gasteiger partial charge in [0.05, 0.1) is 6.04 Å². The Morgan fingerprint density at radius 3 is 2.57 bits per heavy atom. The van der Waals surface area contributed by atoms with Crippen molar-refractivity contribution < 1.29 is 4.79 Å². The maximum Gasteiger partial charge on any atom is 0.320 e. The van der Waals surface area contributed by atoms with Gasteiger partial charge in [-0.15, -0.1) is 10.2 Å². The number of hydrogen-bond donors (Lipinski definition) is 0. The van der Waals surface area contributed by atoms with E-state index in [1.807, 2.05) is 27.7 Å². The first-order chi connectivity index (χ1) is 10.2. The van der Waals surface area contributed by atoms with E-state index in [-0.39, 0.29) is 12.1 Å². The summed E-state index contributed by atoms with van der Waals surface area (Å²) in [6.45, 7) is 2.63. The van der Waals surface area contributed by atoms with E-state index in [9.17, 15) is 4.79 Å². The standard InChI is InChI=1S/C14H23N5OS/c1-17-12(15-16-13(17)21-2)11-7-6-10-19(11)14(20)18-8-4-3-5-9-18/h11H,3-10H2,1-2H3/t11-/m1/s1. The number of piperidine rings is 1. The van der Waals surface area contributed by atoms with Crippen molar-refractivity contribution in [2.24, 2.45) is 7.05 Å². The monoisotopic (exact) mass is 309 g/mol. The van der Waals surface area contributed by atoms with Crippen LogP contribution in [0.1, 0.15) is 44.0 Å². The van der Waals surface area contributed by atoms with Crippen molar-refractivity contribution in [3.63, 3.8) is 0 Å². The van der Waals surface area contributed by atoms with Crippen molar-refractivity contribution in [2.75, 3.05) is 25.9 Å². The Balaban J connectivity index is 1.78. The highest BCUT2D eigenvalue weighted by Crippen LogP contribution is 2.33. The quantitative estimate of drug-likeness (QED) is 0.787. The maximum absolute atomic E-state index is 12.8. The van der Waals surface area contributed by atoms with Crippen molar-refractivity contribution in [3.05, 3.63) is 5.82 Å². The second kappa shape index (κ2) is 6.25. The van der Waals surface area contributed by atoms with Crippen molar-refractivity contribution in [3.8, 4) is 0 Å². The number of carbonyl (C=O) groups excluding carboxylic acids is 1. The Morgan fingerprint density at radius 1 is 1.14 bits per heavy atom. The first kappa shape index (κ1) is 14.7. The third kappa shape index (κ3) is 2.75. The predicted octanol–water partition coefficient (Wildman–Crippen LogP) is 2.28. The second-order valence-corrected chi connectivity index (χ2v) is 6.56. The van der Waals surface area contributed by atoms with Gasteiger partial charge in [-0.25, -0.2) is 4.79 Å². The molecule has 21 heavy (non-hydrogen) atoms. The van der Waals surface area contributed by atoms with Crippen molar-refractivity contribution in [2.45, 2.75) is 43.3 Å². The van der Waals surface area contributed by atoms with Crippen LogP contribution in [0.2, 0.25) is 0 Å². The molecule has 0 radical (unpaired) electrons. The lowest BCUT2D eigenvalue weighted by Gasteiger charge is -2.33. The van der Waals surface area contributed by atoms with Crippen LogP contribution in [0.15, 0.2) is 5.16 Å². The van der Waals surface area contributed by atoms with E-state index in [4.69, 9.17) is 0 Å². The van der Waals surface area contributed by atoms with E-state index in [1.54, 1.807) is 11.8 Å². The fraction of sp³-hybridized carbons (Fsp3) is 0.786. The zero-order chi connectivity index (χ0) is 14.8. The molecule has 0 unspecified atom stereocenters. The van der Waals surface area contributed by atoms with Crippen LogP contribution >= 0.6 is 11.8 Å². The maximum atomic E-state index is 12.8. The molecule has 3 heterocycles. The number of aromatic nitrogens is 3. The van der Waals surface area contributed by atoms with Gasteiger partial charge in [0.15, 0.2) is 11.0 Å². The average molecular weight is 309 g/mol. The molecule has 1 aromatic heterocycles. The molecule has 2 saturated heterocycles. The topological polar surface area (TPSA) is 54.3 Å². The predicted molar refractivity (Wildman–Crippen MR) is 82.3 cm³/mol. The largest absolute Gasteiger partial charge is 0.325 e. The van der Waals surface area contributed by atoms with Crippen LogP contribution in [0.4, 0.5) is 4.79 Å². The van der Waals surface area contributed by atoms with Crippen LogP contribution in [-0.2, 0) is 7.05 Å². The summed E-state index contributed by atoms with van der Waals surface area (Å²) >= 11 is 1.59. The van der Waals surface area contributed by atoms with Crippen LogP contribution < -0.4 is 0 Å². The lowest BCUT2D eigenvalue weighted by Crippen LogP contribution is -2.45. The van der Waals surface area contributed by atoms with Crippen LogP contribution in [-0.4, -0.2) is 56.5 Å². The smallest absolute Gasteiger partial charge is 0.320 e. The zero-order valence-corrected chi connectivity index (χ0v) is 13.6. The minimum absolute atomic E-state index is 0.0813. The van der Waals surface area contributed by atoms with E-state index in [1.165, 1.54) is 6.42 Å². The number of carbonyl (C=O) groups is 1. The molecule has 2 fully saturated rings. The van der Waals surface area contributed by atoms with E-state index in [2.05, 4.69) is 10.2 Å². The Hall–Kier alpha value is -1.24. The molecule has 2 amide bonds. The highest BCUT2D eigenvalue weighted by atomic mass is 32.2. The molecule has 0 bridgehead atoms. The molecule has 0 spiro atoms. The Kier molecular flexibility index (Phi) is 4.37. The van der Waals surface area contributed by atoms with Gasteiger partial charge in [-0.2, -0.15) is 0 Å². The van der Waals surface area contributed by atoms with Gasteiger partial charge in [0.2, 0.25) is 0 Å². The number of thioether (sulfide) groups is 1. The Bertz CT molecular complexity index is 511. The van der Waals surface area contributed by atoms with Crippen molar-refractivity contribution >= 4 is 17.8 Å². The van der Waals surface area contributed by atoms with Crippen LogP contribution in [0.25, 0.3) is 0 Å². The molecule has 2 aliphatic heterocycles. The Morgan fingerprint density at radius 2 is 1.90 bits per heavy atom. The minimum atomic E-state index is 0.0813. The number of amides is 2. The summed E-state index contributed by atoms with van der Waals surface area (Å²) in [4.78, 5) is 16.8. The number of urea groups is 1. The van der Waals surface area contributed by atoms with Crippen LogP contribution in [0.5, 0.6) is 0 Å². The molecule has 1 aromatic rings. The molecule has 0 saturated carbocycles. The average Bonchev–Trinajstić information content (AvgIpc) is 3.13. The SMILES string of the molecule is CSc1nnc([C@H]2CCCN2C(=O)N2CCCCC2)n1C. The fourth-order valence-corrected chi connectivity index (χ4v) is 3.81. The summed E-state index contributed by atoms with van der Waals surface area (Å²) in [5.74, 6) is 0.919. The highest BCUT2D eigenvalue weighted by molar-refractivity contribution is 7.98. The number of likely N-dealkylation sites (tertiary alicyclic amines) is 2. The summed E-state index contributed by atoms with van der Waals surface area (Å²) in [5.41, 5.74) is 0. The summed E-state index contributed by atoms with van der Waals surface area (Å²) < 4.78 is 2.02. The molecule has 2 aliphatic rings. The molecule has 0 aromatic carbocycles. The van der Waals surface area contributed by atoms with Crippen LogP contribution in [0.3, 0.4) is 0 Å². The minimum Gasteiger partial charge on any atom is -0.325 e. The first-order valence-electron chi connectivity index (χ1n) is 7.71. The third-order valence-corrected chi connectivity index (χ3v) is 5.19. The summed E-state index contributed by atoms with van der Waals surface area (Å²) in [5, 5.41) is 9.44. The van der Waals surface area contributed by atoms with Gasteiger partial charge >= 0.3 is 6.03 Å². The van der Waals surface area contributed by atoms with E-state index >= 15 is 0 Å². The number of rotatable bonds is 2. The molecular formula is C14H23N5OS. The molecule has 0 N–H and O–H groups in total. The van der Waals surface area contributed by atoms with Crippen molar-refractivity contribution in [1.82, 2.24) is 24.6 Å². The van der Waals surface area contributed by atoms with E-state index < -0.39 is 0 Å². The van der Waals surface area contributed by atoms with Gasteiger partial charge in [-0.1, -0.05) is 11.8 Å². The van der Waals surface area contributed by atoms with Gasteiger partial charge in [0.25, 0.3) is 0 Å².